The number of hydrogen-bond acceptors (Lipinski definition) is 2. The predicted octanol–water partition coefficient (Wildman–Crippen LogP) is 2.36. The number of anilines is 1. The monoisotopic (exact) mass is 252 g/mol. The van der Waals surface area contributed by atoms with Gasteiger partial charge in [-0.15, -0.1) is 0 Å². The molecule has 1 fully saturated rings. The summed E-state index contributed by atoms with van der Waals surface area (Å²) in [6.07, 6.45) is 0.844. The van der Waals surface area contributed by atoms with Crippen molar-refractivity contribution in [2.45, 2.75) is 26.3 Å². The largest absolute Gasteiger partial charge is 0.309 e. The van der Waals surface area contributed by atoms with Crippen LogP contribution in [-0.2, 0) is 4.79 Å². The number of nitrogens with zero attached hydrogens (tertiary/aromatic N) is 1. The molecule has 0 aromatic heterocycles. The highest BCUT2D eigenvalue weighted by molar-refractivity contribution is 6.34. The van der Waals surface area contributed by atoms with Gasteiger partial charge in [-0.05, 0) is 31.5 Å². The van der Waals surface area contributed by atoms with Gasteiger partial charge in [0.1, 0.15) is 0 Å². The molecule has 1 amide bonds. The van der Waals surface area contributed by atoms with E-state index in [2.05, 4.69) is 5.32 Å². The Morgan fingerprint density at radius 3 is 3.00 bits per heavy atom. The normalized spacial score (nSPS) is 20.1. The van der Waals surface area contributed by atoms with Crippen LogP contribution in [0.1, 0.15) is 18.9 Å². The molecule has 0 saturated carbocycles. The van der Waals surface area contributed by atoms with Crippen molar-refractivity contribution in [1.82, 2.24) is 5.32 Å². The number of aryl methyl sites for hydroxylation is 1. The summed E-state index contributed by atoms with van der Waals surface area (Å²) in [5.41, 5.74) is 1.83. The molecular formula is C13H17ClN2O. The first kappa shape index (κ1) is 12.4. The van der Waals surface area contributed by atoms with Crippen molar-refractivity contribution >= 4 is 23.2 Å². The van der Waals surface area contributed by atoms with Gasteiger partial charge in [0.05, 0.1) is 16.8 Å². The Balaban J connectivity index is 2.24. The molecule has 92 valence electrons. The quantitative estimate of drug-likeness (QED) is 0.896. The van der Waals surface area contributed by atoms with Gasteiger partial charge in [-0.25, -0.2) is 0 Å². The Bertz CT molecular complexity index is 433. The summed E-state index contributed by atoms with van der Waals surface area (Å²) in [6.45, 7) is 5.51. The molecule has 0 spiro atoms. The van der Waals surface area contributed by atoms with Gasteiger partial charge in [0.15, 0.2) is 0 Å². The van der Waals surface area contributed by atoms with Crippen LogP contribution in [-0.4, -0.2) is 25.0 Å². The van der Waals surface area contributed by atoms with E-state index in [0.29, 0.717) is 5.02 Å². The van der Waals surface area contributed by atoms with Gasteiger partial charge >= 0.3 is 0 Å². The first-order chi connectivity index (χ1) is 8.15. The van der Waals surface area contributed by atoms with Gasteiger partial charge in [0.2, 0.25) is 5.91 Å². The van der Waals surface area contributed by atoms with Gasteiger partial charge in [0, 0.05) is 6.54 Å². The molecule has 1 aromatic rings. The minimum atomic E-state index is -0.0587. The molecule has 0 aliphatic carbocycles. The summed E-state index contributed by atoms with van der Waals surface area (Å²) >= 11 is 6.25. The molecule has 1 aliphatic heterocycles. The van der Waals surface area contributed by atoms with E-state index in [4.69, 9.17) is 11.6 Å². The van der Waals surface area contributed by atoms with Crippen molar-refractivity contribution in [3.05, 3.63) is 28.8 Å². The van der Waals surface area contributed by atoms with Crippen molar-refractivity contribution in [3.63, 3.8) is 0 Å². The molecule has 1 atom stereocenters. The van der Waals surface area contributed by atoms with E-state index in [1.54, 1.807) is 4.90 Å². The lowest BCUT2D eigenvalue weighted by Crippen LogP contribution is -2.38. The van der Waals surface area contributed by atoms with Crippen LogP contribution in [0.3, 0.4) is 0 Å². The summed E-state index contributed by atoms with van der Waals surface area (Å²) in [4.78, 5) is 13.9. The summed E-state index contributed by atoms with van der Waals surface area (Å²) in [6, 6.07) is 5.73. The van der Waals surface area contributed by atoms with E-state index in [1.807, 2.05) is 32.0 Å². The average molecular weight is 253 g/mol. The van der Waals surface area contributed by atoms with Crippen LogP contribution >= 0.6 is 11.6 Å². The maximum Gasteiger partial charge on any atom is 0.244 e. The fourth-order valence-corrected chi connectivity index (χ4v) is 2.42. The standard InChI is InChI=1S/C13H17ClN2O/c1-3-15-10-7-8-16(13(10)17)11-6-4-5-9(2)12(11)14/h4-6,10,15H,3,7-8H2,1-2H3. The number of carbonyl (C=O) groups excluding carboxylic acids is 1. The van der Waals surface area contributed by atoms with E-state index in [9.17, 15) is 4.79 Å². The predicted molar refractivity (Wildman–Crippen MR) is 70.6 cm³/mol. The second-order valence-corrected chi connectivity index (χ2v) is 4.67. The Labute approximate surface area is 107 Å². The lowest BCUT2D eigenvalue weighted by Gasteiger charge is -2.19. The Kier molecular flexibility index (Phi) is 3.69. The average Bonchev–Trinajstić information content (AvgIpc) is 2.66. The molecule has 1 unspecified atom stereocenters. The third kappa shape index (κ3) is 2.31. The van der Waals surface area contributed by atoms with Crippen LogP contribution in [0.5, 0.6) is 0 Å². The van der Waals surface area contributed by atoms with E-state index in [-0.39, 0.29) is 11.9 Å². The first-order valence-electron chi connectivity index (χ1n) is 5.95. The number of benzene rings is 1. The van der Waals surface area contributed by atoms with Crippen molar-refractivity contribution in [2.24, 2.45) is 0 Å². The van der Waals surface area contributed by atoms with Crippen molar-refractivity contribution in [3.8, 4) is 0 Å². The van der Waals surface area contributed by atoms with Crippen LogP contribution in [0.2, 0.25) is 5.02 Å². The fourth-order valence-electron chi connectivity index (χ4n) is 2.20. The highest BCUT2D eigenvalue weighted by Gasteiger charge is 2.32. The Hall–Kier alpha value is -1.06. The molecule has 3 nitrogen and oxygen atoms in total. The van der Waals surface area contributed by atoms with E-state index in [0.717, 1.165) is 30.8 Å². The van der Waals surface area contributed by atoms with Gasteiger partial charge < -0.3 is 10.2 Å². The maximum atomic E-state index is 12.2. The second kappa shape index (κ2) is 5.07. The molecule has 4 heteroatoms. The molecule has 1 aromatic carbocycles. The molecule has 1 saturated heterocycles. The molecule has 2 rings (SSSR count). The fraction of sp³-hybridized carbons (Fsp3) is 0.462. The maximum absolute atomic E-state index is 12.2. The third-order valence-electron chi connectivity index (χ3n) is 3.12. The number of amides is 1. The zero-order valence-electron chi connectivity index (χ0n) is 10.2. The Morgan fingerprint density at radius 1 is 1.53 bits per heavy atom. The number of likely N-dealkylation sites (N-methyl/N-ethyl adjacent to an activating group) is 1. The highest BCUT2D eigenvalue weighted by atomic mass is 35.5. The van der Waals surface area contributed by atoms with Crippen molar-refractivity contribution < 1.29 is 4.79 Å². The number of carbonyl (C=O) groups is 1. The number of rotatable bonds is 3. The van der Waals surface area contributed by atoms with E-state index in [1.165, 1.54) is 0 Å². The number of hydrogen-bond donors (Lipinski definition) is 1. The van der Waals surface area contributed by atoms with Crippen LogP contribution < -0.4 is 10.2 Å². The van der Waals surface area contributed by atoms with Crippen LogP contribution in [0, 0.1) is 6.92 Å². The highest BCUT2D eigenvalue weighted by Crippen LogP contribution is 2.31. The molecule has 17 heavy (non-hydrogen) atoms. The minimum Gasteiger partial charge on any atom is -0.309 e. The lowest BCUT2D eigenvalue weighted by atomic mass is 10.2. The molecule has 1 N–H and O–H groups in total. The summed E-state index contributed by atoms with van der Waals surface area (Å²) in [5, 5.41) is 3.87. The summed E-state index contributed by atoms with van der Waals surface area (Å²) < 4.78 is 0. The van der Waals surface area contributed by atoms with Crippen LogP contribution in [0.15, 0.2) is 18.2 Å². The SMILES string of the molecule is CCNC1CCN(c2cccc(C)c2Cl)C1=O. The van der Waals surface area contributed by atoms with Crippen LogP contribution in [0.25, 0.3) is 0 Å². The van der Waals surface area contributed by atoms with E-state index >= 15 is 0 Å². The van der Waals surface area contributed by atoms with Gasteiger partial charge in [-0.1, -0.05) is 30.7 Å². The molecule has 1 heterocycles. The minimum absolute atomic E-state index is 0.0587. The Morgan fingerprint density at radius 2 is 2.29 bits per heavy atom. The van der Waals surface area contributed by atoms with Gasteiger partial charge in [-0.3, -0.25) is 4.79 Å². The molecule has 0 bridgehead atoms. The molecular weight excluding hydrogens is 236 g/mol. The zero-order chi connectivity index (χ0) is 12.4. The summed E-state index contributed by atoms with van der Waals surface area (Å²) in [7, 11) is 0. The number of halogens is 1. The molecule has 0 radical (unpaired) electrons. The smallest absolute Gasteiger partial charge is 0.244 e. The van der Waals surface area contributed by atoms with Crippen molar-refractivity contribution in [2.75, 3.05) is 18.0 Å². The molecule has 1 aliphatic rings. The summed E-state index contributed by atoms with van der Waals surface area (Å²) in [5.74, 6) is 0.124. The van der Waals surface area contributed by atoms with Gasteiger partial charge in [0.25, 0.3) is 0 Å². The third-order valence-corrected chi connectivity index (χ3v) is 3.61. The second-order valence-electron chi connectivity index (χ2n) is 4.30. The zero-order valence-corrected chi connectivity index (χ0v) is 10.9. The van der Waals surface area contributed by atoms with Crippen LogP contribution in [0.4, 0.5) is 5.69 Å². The van der Waals surface area contributed by atoms with E-state index < -0.39 is 0 Å². The lowest BCUT2D eigenvalue weighted by molar-refractivity contribution is -0.118. The number of nitrogens with one attached hydrogen (secondary N) is 1. The van der Waals surface area contributed by atoms with Gasteiger partial charge in [-0.2, -0.15) is 0 Å². The topological polar surface area (TPSA) is 32.3 Å². The first-order valence-corrected chi connectivity index (χ1v) is 6.32. The van der Waals surface area contributed by atoms with Crippen molar-refractivity contribution in [1.29, 1.82) is 0 Å².